The molecule has 0 saturated heterocycles. The Hall–Kier alpha value is -3.09. The van der Waals surface area contributed by atoms with E-state index in [0.29, 0.717) is 17.1 Å². The lowest BCUT2D eigenvalue weighted by Gasteiger charge is -2.29. The van der Waals surface area contributed by atoms with E-state index in [2.05, 4.69) is 10.6 Å². The molecule has 0 atom stereocenters. The largest absolute Gasteiger partial charge is 0.463 e. The lowest BCUT2D eigenvalue weighted by molar-refractivity contribution is -0.142. The molecule has 7 nitrogen and oxygen atoms in total. The third-order valence-electron chi connectivity index (χ3n) is 4.05. The summed E-state index contributed by atoms with van der Waals surface area (Å²) < 4.78 is 10.2. The first-order valence-corrected chi connectivity index (χ1v) is 8.79. The molecule has 1 aliphatic rings. The highest BCUT2D eigenvalue weighted by atomic mass is 16.5. The second-order valence-electron chi connectivity index (χ2n) is 5.93. The Labute approximate surface area is 158 Å². The second-order valence-corrected chi connectivity index (χ2v) is 5.93. The molecule has 0 aromatic heterocycles. The molecule has 0 spiro atoms. The normalized spacial score (nSPS) is 14.5. The molecule has 2 N–H and O–H groups in total. The minimum absolute atomic E-state index is 0.0962. The smallest absolute Gasteiger partial charge is 0.336 e. The van der Waals surface area contributed by atoms with Crippen molar-refractivity contribution in [1.29, 1.82) is 0 Å². The van der Waals surface area contributed by atoms with Gasteiger partial charge in [-0.1, -0.05) is 18.2 Å². The summed E-state index contributed by atoms with van der Waals surface area (Å²) in [5.74, 6) is -2.94. The fourth-order valence-corrected chi connectivity index (χ4v) is 2.95. The van der Waals surface area contributed by atoms with Crippen LogP contribution in [0.5, 0.6) is 0 Å². The van der Waals surface area contributed by atoms with E-state index in [1.54, 1.807) is 52.0 Å². The molecule has 1 heterocycles. The molecule has 1 amide bonds. The van der Waals surface area contributed by atoms with Crippen LogP contribution in [0.2, 0.25) is 0 Å². The fourth-order valence-electron chi connectivity index (χ4n) is 2.95. The molecule has 0 radical (unpaired) electrons. The molecular weight excluding hydrogens is 348 g/mol. The summed E-state index contributed by atoms with van der Waals surface area (Å²) in [5, 5.41) is 5.74. The van der Waals surface area contributed by atoms with Gasteiger partial charge in [-0.05, 0) is 39.8 Å². The van der Waals surface area contributed by atoms with Gasteiger partial charge in [-0.3, -0.25) is 4.79 Å². The minimum atomic E-state index is -1.13. The molecule has 0 bridgehead atoms. The van der Waals surface area contributed by atoms with E-state index in [1.165, 1.54) is 0 Å². The van der Waals surface area contributed by atoms with Gasteiger partial charge in [0.15, 0.2) is 0 Å². The number of anilines is 1. The summed E-state index contributed by atoms with van der Waals surface area (Å²) in [6.45, 7) is 6.99. The summed E-state index contributed by atoms with van der Waals surface area (Å²) >= 11 is 0. The molecule has 0 fully saturated rings. The van der Waals surface area contributed by atoms with Gasteiger partial charge in [-0.15, -0.1) is 0 Å². The molecule has 1 aliphatic heterocycles. The van der Waals surface area contributed by atoms with E-state index >= 15 is 0 Å². The first kappa shape index (κ1) is 20.2. The summed E-state index contributed by atoms with van der Waals surface area (Å²) in [6.07, 6.45) is 0. The lowest BCUT2D eigenvalue weighted by atomic mass is 9.84. The SMILES string of the molecule is CCOC(=O)C1=C(C)NC(C)=C(C(=O)OCC)C1C(=O)Nc1ccccc1. The standard InChI is InChI=1S/C20H24N2O5/c1-5-26-19(24)15-12(3)21-13(4)16(20(25)27-6-2)17(15)18(23)22-14-10-8-7-9-11-14/h7-11,17,21H,5-6H2,1-4H3,(H,22,23). The van der Waals surface area contributed by atoms with E-state index in [0.717, 1.165) is 0 Å². The Balaban J connectivity index is 2.49. The van der Waals surface area contributed by atoms with E-state index in [1.807, 2.05) is 6.07 Å². The second kappa shape index (κ2) is 9.02. The zero-order valence-electron chi connectivity index (χ0n) is 15.9. The molecule has 0 aliphatic carbocycles. The third kappa shape index (κ3) is 4.55. The van der Waals surface area contributed by atoms with Crippen LogP contribution in [0.4, 0.5) is 5.69 Å². The monoisotopic (exact) mass is 372 g/mol. The number of hydrogen-bond donors (Lipinski definition) is 2. The molecule has 7 heteroatoms. The summed E-state index contributed by atoms with van der Waals surface area (Å²) in [5.41, 5.74) is 1.68. The number of esters is 2. The van der Waals surface area contributed by atoms with Crippen molar-refractivity contribution in [2.24, 2.45) is 5.92 Å². The number of rotatable bonds is 6. The van der Waals surface area contributed by atoms with Crippen molar-refractivity contribution in [3.05, 3.63) is 52.9 Å². The van der Waals surface area contributed by atoms with Crippen LogP contribution in [0.25, 0.3) is 0 Å². The topological polar surface area (TPSA) is 93.7 Å². The molecule has 2 rings (SSSR count). The van der Waals surface area contributed by atoms with E-state index in [4.69, 9.17) is 9.47 Å². The van der Waals surface area contributed by atoms with Crippen LogP contribution in [0, 0.1) is 5.92 Å². The number of ether oxygens (including phenoxy) is 2. The Morgan fingerprint density at radius 2 is 1.41 bits per heavy atom. The number of para-hydroxylation sites is 1. The van der Waals surface area contributed by atoms with Crippen LogP contribution in [-0.2, 0) is 23.9 Å². The fraction of sp³-hybridized carbons (Fsp3) is 0.350. The number of carbonyl (C=O) groups is 3. The van der Waals surface area contributed by atoms with Crippen molar-refractivity contribution in [3.63, 3.8) is 0 Å². The van der Waals surface area contributed by atoms with Gasteiger partial charge >= 0.3 is 11.9 Å². The maximum absolute atomic E-state index is 13.1. The minimum Gasteiger partial charge on any atom is -0.463 e. The Bertz CT molecular complexity index is 756. The number of allylic oxidation sites excluding steroid dienone is 2. The number of dihydropyridines is 1. The highest BCUT2D eigenvalue weighted by Gasteiger charge is 2.41. The van der Waals surface area contributed by atoms with Gasteiger partial charge in [-0.25, -0.2) is 9.59 Å². The van der Waals surface area contributed by atoms with Crippen LogP contribution >= 0.6 is 0 Å². The highest BCUT2D eigenvalue weighted by Crippen LogP contribution is 2.32. The van der Waals surface area contributed by atoms with Crippen molar-refractivity contribution in [2.45, 2.75) is 27.7 Å². The lowest BCUT2D eigenvalue weighted by Crippen LogP contribution is -2.39. The number of amides is 1. The van der Waals surface area contributed by atoms with E-state index in [9.17, 15) is 14.4 Å². The van der Waals surface area contributed by atoms with Crippen LogP contribution in [0.1, 0.15) is 27.7 Å². The molecule has 27 heavy (non-hydrogen) atoms. The molecule has 1 aromatic carbocycles. The van der Waals surface area contributed by atoms with Gasteiger partial charge in [0.05, 0.1) is 24.4 Å². The van der Waals surface area contributed by atoms with Gasteiger partial charge in [0.25, 0.3) is 0 Å². The van der Waals surface area contributed by atoms with Gasteiger partial charge in [0.1, 0.15) is 5.92 Å². The molecule has 0 saturated carbocycles. The van der Waals surface area contributed by atoms with Crippen molar-refractivity contribution in [2.75, 3.05) is 18.5 Å². The molecule has 144 valence electrons. The maximum Gasteiger partial charge on any atom is 0.336 e. The summed E-state index contributed by atoms with van der Waals surface area (Å²) in [6, 6.07) is 8.82. The van der Waals surface area contributed by atoms with E-state index in [-0.39, 0.29) is 24.4 Å². The van der Waals surface area contributed by atoms with Crippen LogP contribution < -0.4 is 10.6 Å². The first-order valence-electron chi connectivity index (χ1n) is 8.79. The zero-order valence-corrected chi connectivity index (χ0v) is 15.9. The van der Waals surface area contributed by atoms with Crippen molar-refractivity contribution >= 4 is 23.5 Å². The van der Waals surface area contributed by atoms with Gasteiger partial charge in [0.2, 0.25) is 5.91 Å². The van der Waals surface area contributed by atoms with Crippen molar-refractivity contribution in [1.82, 2.24) is 5.32 Å². The van der Waals surface area contributed by atoms with Gasteiger partial charge < -0.3 is 20.1 Å². The van der Waals surface area contributed by atoms with Crippen LogP contribution in [0.3, 0.4) is 0 Å². The van der Waals surface area contributed by atoms with Crippen molar-refractivity contribution < 1.29 is 23.9 Å². The van der Waals surface area contributed by atoms with Crippen LogP contribution in [-0.4, -0.2) is 31.1 Å². The Morgan fingerprint density at radius 1 is 0.926 bits per heavy atom. The maximum atomic E-state index is 13.1. The predicted molar refractivity (Wildman–Crippen MR) is 100 cm³/mol. The average Bonchev–Trinajstić information content (AvgIpc) is 2.62. The van der Waals surface area contributed by atoms with Crippen molar-refractivity contribution in [3.8, 4) is 0 Å². The van der Waals surface area contributed by atoms with Gasteiger partial charge in [0, 0.05) is 17.1 Å². The number of nitrogens with one attached hydrogen (secondary N) is 2. The summed E-state index contributed by atoms with van der Waals surface area (Å²) in [7, 11) is 0. The average molecular weight is 372 g/mol. The number of hydrogen-bond acceptors (Lipinski definition) is 6. The third-order valence-corrected chi connectivity index (χ3v) is 4.05. The van der Waals surface area contributed by atoms with Crippen LogP contribution in [0.15, 0.2) is 52.9 Å². The molecule has 0 unspecified atom stereocenters. The predicted octanol–water partition coefficient (Wildman–Crippen LogP) is 2.52. The zero-order chi connectivity index (χ0) is 20.0. The quantitative estimate of drug-likeness (QED) is 0.746. The molecule has 1 aromatic rings. The Morgan fingerprint density at radius 3 is 1.85 bits per heavy atom. The van der Waals surface area contributed by atoms with E-state index < -0.39 is 23.8 Å². The summed E-state index contributed by atoms with van der Waals surface area (Å²) in [4.78, 5) is 38.1. The van der Waals surface area contributed by atoms with Gasteiger partial charge in [-0.2, -0.15) is 0 Å². The first-order chi connectivity index (χ1) is 12.9. The number of carbonyl (C=O) groups excluding carboxylic acids is 3. The highest BCUT2D eigenvalue weighted by molar-refractivity contribution is 6.10. The number of benzene rings is 1. The molecular formula is C20H24N2O5. The Kier molecular flexibility index (Phi) is 6.76.